The van der Waals surface area contributed by atoms with Crippen molar-refractivity contribution in [2.75, 3.05) is 5.32 Å². The van der Waals surface area contributed by atoms with E-state index in [4.69, 9.17) is 4.74 Å². The Bertz CT molecular complexity index is 950. The molecule has 1 N–H and O–H groups in total. The van der Waals surface area contributed by atoms with Crippen LogP contribution in [0.3, 0.4) is 0 Å². The summed E-state index contributed by atoms with van der Waals surface area (Å²) < 4.78 is 5.80. The summed E-state index contributed by atoms with van der Waals surface area (Å²) in [6.45, 7) is 0. The Morgan fingerprint density at radius 2 is 1.33 bits per heavy atom. The molecule has 3 nitrogen and oxygen atoms in total. The first-order chi connectivity index (χ1) is 11.9. The number of hydrogen-bond acceptors (Lipinski definition) is 3. The van der Waals surface area contributed by atoms with Crippen LogP contribution in [0, 0.1) is 0 Å². The van der Waals surface area contributed by atoms with Crippen molar-refractivity contribution >= 4 is 22.4 Å². The molecule has 0 amide bonds. The predicted octanol–water partition coefficient (Wildman–Crippen LogP) is 5.77. The van der Waals surface area contributed by atoms with Crippen LogP contribution in [0.15, 0.2) is 91.0 Å². The maximum absolute atomic E-state index is 5.80. The molecule has 0 saturated carbocycles. The zero-order valence-electron chi connectivity index (χ0n) is 13.0. The van der Waals surface area contributed by atoms with Gasteiger partial charge in [0.2, 0.25) is 0 Å². The number of rotatable bonds is 4. The summed E-state index contributed by atoms with van der Waals surface area (Å²) in [5.41, 5.74) is 1.95. The summed E-state index contributed by atoms with van der Waals surface area (Å²) in [5, 5.41) is 4.45. The van der Waals surface area contributed by atoms with Gasteiger partial charge in [0.15, 0.2) is 0 Å². The van der Waals surface area contributed by atoms with Crippen LogP contribution in [0.25, 0.3) is 10.9 Å². The number of nitrogens with zero attached hydrogens (tertiary/aromatic N) is 1. The van der Waals surface area contributed by atoms with Crippen LogP contribution in [0.2, 0.25) is 0 Å². The zero-order chi connectivity index (χ0) is 16.2. The van der Waals surface area contributed by atoms with Crippen molar-refractivity contribution in [3.05, 3.63) is 91.0 Å². The first-order valence-corrected chi connectivity index (χ1v) is 7.83. The molecule has 0 radical (unpaired) electrons. The van der Waals surface area contributed by atoms with Crippen molar-refractivity contribution in [1.29, 1.82) is 0 Å². The molecule has 3 heteroatoms. The van der Waals surface area contributed by atoms with Crippen LogP contribution in [-0.4, -0.2) is 4.98 Å². The highest BCUT2D eigenvalue weighted by Gasteiger charge is 2.00. The van der Waals surface area contributed by atoms with E-state index in [1.807, 2.05) is 78.9 Å². The van der Waals surface area contributed by atoms with Crippen molar-refractivity contribution in [2.24, 2.45) is 0 Å². The average Bonchev–Trinajstić information content (AvgIpc) is 2.64. The topological polar surface area (TPSA) is 34.1 Å². The second kappa shape index (κ2) is 6.42. The molecule has 0 saturated heterocycles. The lowest BCUT2D eigenvalue weighted by atomic mass is 10.2. The van der Waals surface area contributed by atoms with Gasteiger partial charge in [-0.2, -0.15) is 0 Å². The van der Waals surface area contributed by atoms with Gasteiger partial charge in [0.25, 0.3) is 0 Å². The number of pyridine rings is 1. The fourth-order valence-electron chi connectivity index (χ4n) is 2.51. The molecule has 0 fully saturated rings. The summed E-state index contributed by atoms with van der Waals surface area (Å²) in [5.74, 6) is 2.46. The molecule has 0 aliphatic heterocycles. The number of ether oxygens (including phenoxy) is 1. The number of aromatic nitrogens is 1. The monoisotopic (exact) mass is 312 g/mol. The van der Waals surface area contributed by atoms with Crippen LogP contribution >= 0.6 is 0 Å². The van der Waals surface area contributed by atoms with Gasteiger partial charge in [-0.3, -0.25) is 0 Å². The Labute approximate surface area is 140 Å². The van der Waals surface area contributed by atoms with Crippen LogP contribution in [0.5, 0.6) is 11.5 Å². The number of anilines is 2. The van der Waals surface area contributed by atoms with Crippen molar-refractivity contribution < 1.29 is 4.74 Å². The van der Waals surface area contributed by atoms with Gasteiger partial charge in [-0.05, 0) is 54.6 Å². The van der Waals surface area contributed by atoms with Crippen LogP contribution < -0.4 is 10.1 Å². The molecule has 1 heterocycles. The number of nitrogens with one attached hydrogen (secondary N) is 1. The minimum absolute atomic E-state index is 0.804. The van der Waals surface area contributed by atoms with Gasteiger partial charge in [-0.25, -0.2) is 4.98 Å². The second-order valence-electron chi connectivity index (χ2n) is 5.45. The Balaban J connectivity index is 1.50. The van der Waals surface area contributed by atoms with Crippen LogP contribution in [-0.2, 0) is 0 Å². The van der Waals surface area contributed by atoms with E-state index in [9.17, 15) is 0 Å². The summed E-state index contributed by atoms with van der Waals surface area (Å²) >= 11 is 0. The SMILES string of the molecule is c1ccc(Oc2ccc(Nc3ccc4ccccc4n3)cc2)cc1. The quantitative estimate of drug-likeness (QED) is 0.519. The van der Waals surface area contributed by atoms with E-state index in [1.165, 1.54) is 0 Å². The molecule has 24 heavy (non-hydrogen) atoms. The Hall–Kier alpha value is -3.33. The lowest BCUT2D eigenvalue weighted by molar-refractivity contribution is 0.483. The molecule has 3 aromatic carbocycles. The van der Waals surface area contributed by atoms with E-state index in [0.29, 0.717) is 0 Å². The highest BCUT2D eigenvalue weighted by atomic mass is 16.5. The van der Waals surface area contributed by atoms with Crippen molar-refractivity contribution in [2.45, 2.75) is 0 Å². The van der Waals surface area contributed by atoms with Gasteiger partial charge in [-0.15, -0.1) is 0 Å². The summed E-state index contributed by atoms with van der Waals surface area (Å²) in [6, 6.07) is 29.7. The van der Waals surface area contributed by atoms with E-state index in [-0.39, 0.29) is 0 Å². The van der Waals surface area contributed by atoms with Gasteiger partial charge in [0.1, 0.15) is 17.3 Å². The van der Waals surface area contributed by atoms with Gasteiger partial charge in [0, 0.05) is 11.1 Å². The molecule has 116 valence electrons. The second-order valence-corrected chi connectivity index (χ2v) is 5.45. The molecule has 0 spiro atoms. The molecule has 0 aliphatic rings. The molecule has 1 aromatic heterocycles. The molecular formula is C21H16N2O. The maximum atomic E-state index is 5.80. The van der Waals surface area contributed by atoms with E-state index < -0.39 is 0 Å². The predicted molar refractivity (Wildman–Crippen MR) is 98.0 cm³/mol. The van der Waals surface area contributed by atoms with Crippen molar-refractivity contribution in [1.82, 2.24) is 4.98 Å². The highest BCUT2D eigenvalue weighted by Crippen LogP contribution is 2.24. The Kier molecular flexibility index (Phi) is 3.82. The van der Waals surface area contributed by atoms with Gasteiger partial charge >= 0.3 is 0 Å². The van der Waals surface area contributed by atoms with Crippen molar-refractivity contribution in [3.63, 3.8) is 0 Å². The number of benzene rings is 3. The first kappa shape index (κ1) is 14.3. The van der Waals surface area contributed by atoms with E-state index in [1.54, 1.807) is 0 Å². The Morgan fingerprint density at radius 3 is 2.17 bits per heavy atom. The van der Waals surface area contributed by atoms with Gasteiger partial charge in [0.05, 0.1) is 5.52 Å². The zero-order valence-corrected chi connectivity index (χ0v) is 13.0. The number of para-hydroxylation sites is 2. The molecular weight excluding hydrogens is 296 g/mol. The van der Waals surface area contributed by atoms with E-state index in [0.717, 1.165) is 33.9 Å². The molecule has 0 aliphatic carbocycles. The molecule has 0 bridgehead atoms. The van der Waals surface area contributed by atoms with Gasteiger partial charge < -0.3 is 10.1 Å². The summed E-state index contributed by atoms with van der Waals surface area (Å²) in [6.07, 6.45) is 0. The minimum Gasteiger partial charge on any atom is -0.457 e. The minimum atomic E-state index is 0.804. The third kappa shape index (κ3) is 3.20. The fourth-order valence-corrected chi connectivity index (χ4v) is 2.51. The highest BCUT2D eigenvalue weighted by molar-refractivity contribution is 5.80. The smallest absolute Gasteiger partial charge is 0.131 e. The van der Waals surface area contributed by atoms with E-state index >= 15 is 0 Å². The standard InChI is InChI=1S/C21H16N2O/c1-2-7-18(8-3-1)24-19-13-11-17(12-14-19)22-21-15-10-16-6-4-5-9-20(16)23-21/h1-15H,(H,22,23). The lowest BCUT2D eigenvalue weighted by Gasteiger charge is -2.09. The summed E-state index contributed by atoms with van der Waals surface area (Å²) in [7, 11) is 0. The van der Waals surface area contributed by atoms with Gasteiger partial charge in [-0.1, -0.05) is 36.4 Å². The number of fused-ring (bicyclic) bond motifs is 1. The van der Waals surface area contributed by atoms with Crippen molar-refractivity contribution in [3.8, 4) is 11.5 Å². The number of hydrogen-bond donors (Lipinski definition) is 1. The molecule has 4 rings (SSSR count). The third-order valence-corrected chi connectivity index (χ3v) is 3.70. The van der Waals surface area contributed by atoms with Crippen LogP contribution in [0.1, 0.15) is 0 Å². The molecule has 4 aromatic rings. The van der Waals surface area contributed by atoms with Crippen LogP contribution in [0.4, 0.5) is 11.5 Å². The maximum Gasteiger partial charge on any atom is 0.131 e. The first-order valence-electron chi connectivity index (χ1n) is 7.83. The fraction of sp³-hybridized carbons (Fsp3) is 0. The summed E-state index contributed by atoms with van der Waals surface area (Å²) in [4.78, 5) is 4.62. The lowest BCUT2D eigenvalue weighted by Crippen LogP contribution is -1.93. The average molecular weight is 312 g/mol. The largest absolute Gasteiger partial charge is 0.457 e. The molecule has 0 unspecified atom stereocenters. The third-order valence-electron chi connectivity index (χ3n) is 3.70. The normalized spacial score (nSPS) is 10.5. The molecule has 0 atom stereocenters. The van der Waals surface area contributed by atoms with E-state index in [2.05, 4.69) is 22.4 Å². The Morgan fingerprint density at radius 1 is 0.625 bits per heavy atom.